The molecule has 0 saturated heterocycles. The third kappa shape index (κ3) is 5.35. The highest BCUT2D eigenvalue weighted by molar-refractivity contribution is 6.01. The number of ether oxygens (including phenoxy) is 1. The first-order valence-electron chi connectivity index (χ1n) is 12.2. The molecule has 1 heterocycles. The Bertz CT molecular complexity index is 1510. The molecule has 0 fully saturated rings. The summed E-state index contributed by atoms with van der Waals surface area (Å²) >= 11 is 0. The highest BCUT2D eigenvalue weighted by atomic mass is 19.3. The van der Waals surface area contributed by atoms with Crippen molar-refractivity contribution in [3.05, 3.63) is 113 Å². The van der Waals surface area contributed by atoms with E-state index in [0.717, 1.165) is 5.56 Å². The van der Waals surface area contributed by atoms with E-state index in [0.29, 0.717) is 33.5 Å². The Kier molecular flexibility index (Phi) is 6.80. The van der Waals surface area contributed by atoms with E-state index in [-0.39, 0.29) is 11.4 Å². The first-order chi connectivity index (χ1) is 18.3. The predicted molar refractivity (Wildman–Crippen MR) is 144 cm³/mol. The van der Waals surface area contributed by atoms with Gasteiger partial charge in [0.1, 0.15) is 5.75 Å². The number of nitrogens with zero attached hydrogens (tertiary/aromatic N) is 1. The Hall–Kier alpha value is -4.70. The van der Waals surface area contributed by atoms with E-state index in [4.69, 9.17) is 4.74 Å². The van der Waals surface area contributed by atoms with Gasteiger partial charge in [-0.2, -0.15) is 5.26 Å². The van der Waals surface area contributed by atoms with Crippen molar-refractivity contribution < 1.29 is 18.3 Å². The van der Waals surface area contributed by atoms with Crippen LogP contribution >= 0.6 is 0 Å². The highest BCUT2D eigenvalue weighted by Gasteiger charge is 2.40. The molecule has 1 aliphatic rings. The zero-order chi connectivity index (χ0) is 26.7. The Morgan fingerprint density at radius 3 is 2.42 bits per heavy atom. The summed E-state index contributed by atoms with van der Waals surface area (Å²) in [5.74, 6) is -3.60. The molecule has 0 saturated carbocycles. The third-order valence-corrected chi connectivity index (χ3v) is 6.54. The van der Waals surface area contributed by atoms with Gasteiger partial charge >= 0.3 is 6.03 Å². The standard InChI is InChI=1S/C31H25F2N3O2/c1-20-11-13-24(14-12-20)35-30(37)36-28-16-23(25-10-6-5-9-22(25)18-34)15-26-27(21-7-3-2-4-8-21)17-31(32,33)19-38-29(26)28/h2-16,27H,17,19H2,1H3,(H2,35,36,37)/t27-/m0/s1. The topological polar surface area (TPSA) is 74.2 Å². The number of amides is 2. The number of nitrogens with one attached hydrogen (secondary N) is 2. The Morgan fingerprint density at radius 1 is 0.974 bits per heavy atom. The normalized spacial score (nSPS) is 15.8. The summed E-state index contributed by atoms with van der Waals surface area (Å²) in [6.45, 7) is 1.13. The van der Waals surface area contributed by atoms with Gasteiger partial charge < -0.3 is 15.4 Å². The number of halogens is 2. The van der Waals surface area contributed by atoms with Gasteiger partial charge in [0.2, 0.25) is 0 Å². The number of hydrogen-bond acceptors (Lipinski definition) is 3. The largest absolute Gasteiger partial charge is 0.485 e. The fourth-order valence-corrected chi connectivity index (χ4v) is 4.70. The second-order valence-electron chi connectivity index (χ2n) is 9.36. The van der Waals surface area contributed by atoms with Crippen molar-refractivity contribution in [3.63, 3.8) is 0 Å². The van der Waals surface area contributed by atoms with Crippen LogP contribution in [0.4, 0.5) is 25.0 Å². The summed E-state index contributed by atoms with van der Waals surface area (Å²) in [5, 5.41) is 15.3. The van der Waals surface area contributed by atoms with Gasteiger partial charge in [-0.3, -0.25) is 0 Å². The molecule has 0 bridgehead atoms. The molecular weight excluding hydrogens is 484 g/mol. The fraction of sp³-hybridized carbons (Fsp3) is 0.161. The van der Waals surface area contributed by atoms with E-state index in [2.05, 4.69) is 16.7 Å². The molecule has 4 aromatic carbocycles. The lowest BCUT2D eigenvalue weighted by molar-refractivity contribution is -0.0448. The van der Waals surface area contributed by atoms with Crippen LogP contribution < -0.4 is 15.4 Å². The van der Waals surface area contributed by atoms with Crippen LogP contribution in [0.2, 0.25) is 0 Å². The zero-order valence-corrected chi connectivity index (χ0v) is 20.7. The lowest BCUT2D eigenvalue weighted by atomic mass is 9.84. The number of carbonyl (C=O) groups is 1. The molecule has 2 amide bonds. The maximum atomic E-state index is 15.0. The van der Waals surface area contributed by atoms with Crippen molar-refractivity contribution in [1.82, 2.24) is 0 Å². The molecular formula is C31H25F2N3O2. The molecule has 5 nitrogen and oxygen atoms in total. The van der Waals surface area contributed by atoms with E-state index in [1.54, 1.807) is 48.5 Å². The van der Waals surface area contributed by atoms with Crippen LogP contribution in [-0.2, 0) is 0 Å². The van der Waals surface area contributed by atoms with Crippen LogP contribution in [-0.4, -0.2) is 18.6 Å². The molecule has 4 aromatic rings. The number of hydrogen-bond donors (Lipinski definition) is 2. The Morgan fingerprint density at radius 2 is 1.68 bits per heavy atom. The van der Waals surface area contributed by atoms with Crippen LogP contribution in [0.1, 0.15) is 34.6 Å². The summed E-state index contributed by atoms with van der Waals surface area (Å²) in [6.07, 6.45) is -0.456. The summed E-state index contributed by atoms with van der Waals surface area (Å²) in [7, 11) is 0. The first kappa shape index (κ1) is 25.0. The van der Waals surface area contributed by atoms with Crippen LogP contribution in [0.3, 0.4) is 0 Å². The van der Waals surface area contributed by atoms with Gasteiger partial charge in [0, 0.05) is 23.6 Å². The van der Waals surface area contributed by atoms with Crippen molar-refractivity contribution >= 4 is 17.4 Å². The molecule has 2 N–H and O–H groups in total. The second-order valence-corrected chi connectivity index (χ2v) is 9.36. The van der Waals surface area contributed by atoms with Gasteiger partial charge in [0.25, 0.3) is 5.92 Å². The zero-order valence-electron chi connectivity index (χ0n) is 20.7. The van der Waals surface area contributed by atoms with Gasteiger partial charge in [-0.15, -0.1) is 0 Å². The van der Waals surface area contributed by atoms with Crippen molar-refractivity contribution in [2.24, 2.45) is 0 Å². The van der Waals surface area contributed by atoms with E-state index in [9.17, 15) is 18.8 Å². The minimum atomic E-state index is -3.09. The molecule has 0 spiro atoms. The lowest BCUT2D eigenvalue weighted by Gasteiger charge is -2.22. The molecule has 0 radical (unpaired) electrons. The predicted octanol–water partition coefficient (Wildman–Crippen LogP) is 7.73. The van der Waals surface area contributed by atoms with Gasteiger partial charge in [-0.25, -0.2) is 13.6 Å². The number of urea groups is 1. The quantitative estimate of drug-likeness (QED) is 0.296. The van der Waals surface area contributed by atoms with E-state index in [1.807, 2.05) is 49.4 Å². The maximum absolute atomic E-state index is 15.0. The van der Waals surface area contributed by atoms with Crippen molar-refractivity contribution in [2.75, 3.05) is 17.2 Å². The van der Waals surface area contributed by atoms with E-state index >= 15 is 0 Å². The van der Waals surface area contributed by atoms with Gasteiger partial charge in [-0.1, -0.05) is 66.2 Å². The van der Waals surface area contributed by atoms with Crippen LogP contribution in [0.25, 0.3) is 11.1 Å². The molecule has 0 unspecified atom stereocenters. The monoisotopic (exact) mass is 509 g/mol. The maximum Gasteiger partial charge on any atom is 0.323 e. The average molecular weight is 510 g/mol. The van der Waals surface area contributed by atoms with Crippen LogP contribution in [0.5, 0.6) is 5.75 Å². The number of anilines is 2. The number of fused-ring (bicyclic) bond motifs is 1. The molecule has 5 rings (SSSR count). The number of aryl methyl sites for hydroxylation is 1. The van der Waals surface area contributed by atoms with E-state index < -0.39 is 30.9 Å². The number of carbonyl (C=O) groups excluding carboxylic acids is 1. The smallest absolute Gasteiger partial charge is 0.323 e. The average Bonchev–Trinajstić information content (AvgIpc) is 3.06. The number of benzene rings is 4. The van der Waals surface area contributed by atoms with Crippen LogP contribution in [0.15, 0.2) is 91.0 Å². The minimum absolute atomic E-state index is 0.188. The van der Waals surface area contributed by atoms with Gasteiger partial charge in [0.15, 0.2) is 6.61 Å². The van der Waals surface area contributed by atoms with Crippen molar-refractivity contribution in [2.45, 2.75) is 25.2 Å². The Balaban J connectivity index is 1.64. The highest BCUT2D eigenvalue weighted by Crippen LogP contribution is 2.47. The van der Waals surface area contributed by atoms with E-state index in [1.165, 1.54) is 0 Å². The fourth-order valence-electron chi connectivity index (χ4n) is 4.70. The first-order valence-corrected chi connectivity index (χ1v) is 12.2. The molecule has 0 aromatic heterocycles. The van der Waals surface area contributed by atoms with Crippen molar-refractivity contribution in [3.8, 4) is 22.9 Å². The van der Waals surface area contributed by atoms with Crippen molar-refractivity contribution in [1.29, 1.82) is 5.26 Å². The summed E-state index contributed by atoms with van der Waals surface area (Å²) < 4.78 is 35.6. The second kappa shape index (κ2) is 10.3. The summed E-state index contributed by atoms with van der Waals surface area (Å²) in [4.78, 5) is 13.0. The lowest BCUT2D eigenvalue weighted by Crippen LogP contribution is -2.26. The SMILES string of the molecule is Cc1ccc(NC(=O)Nc2cc(-c3ccccc3C#N)cc3c2OCC(F)(F)C[C@H]3c2ccccc2)cc1. The summed E-state index contributed by atoms with van der Waals surface area (Å²) in [5.41, 5.74) is 4.77. The third-order valence-electron chi connectivity index (χ3n) is 6.54. The van der Waals surface area contributed by atoms with Gasteiger partial charge in [0.05, 0.1) is 17.3 Å². The molecule has 7 heteroatoms. The number of alkyl halides is 2. The Labute approximate surface area is 219 Å². The van der Waals surface area contributed by atoms with Gasteiger partial charge in [-0.05, 0) is 53.9 Å². The molecule has 0 aliphatic carbocycles. The minimum Gasteiger partial charge on any atom is -0.485 e. The molecule has 38 heavy (non-hydrogen) atoms. The molecule has 1 atom stereocenters. The number of rotatable bonds is 4. The summed E-state index contributed by atoms with van der Waals surface area (Å²) in [6, 6.07) is 28.5. The molecule has 1 aliphatic heterocycles. The van der Waals surface area contributed by atoms with Crippen LogP contribution in [0, 0.1) is 18.3 Å². The number of nitriles is 1. The molecule has 190 valence electrons.